The van der Waals surface area contributed by atoms with Gasteiger partial charge in [0.1, 0.15) is 5.54 Å². The van der Waals surface area contributed by atoms with Crippen molar-refractivity contribution >= 4 is 23.4 Å². The lowest BCUT2D eigenvalue weighted by Crippen LogP contribution is -2.47. The van der Waals surface area contributed by atoms with E-state index in [0.717, 1.165) is 50.6 Å². The van der Waals surface area contributed by atoms with Gasteiger partial charge in [0, 0.05) is 43.2 Å². The molecule has 128 valence electrons. The van der Waals surface area contributed by atoms with Gasteiger partial charge in [-0.3, -0.25) is 4.79 Å². The van der Waals surface area contributed by atoms with Crippen LogP contribution in [0, 0.1) is 11.3 Å². The van der Waals surface area contributed by atoms with Crippen LogP contribution in [0.15, 0.2) is 24.3 Å². The molecule has 1 amide bonds. The van der Waals surface area contributed by atoms with Gasteiger partial charge in [-0.2, -0.15) is 17.0 Å². The van der Waals surface area contributed by atoms with Crippen molar-refractivity contribution in [3.8, 4) is 6.07 Å². The summed E-state index contributed by atoms with van der Waals surface area (Å²) in [5, 5.41) is 12.3. The standard InChI is InChI=1S/C18H24N4OS/c1-2-21-8-10-22(11-9-21)16-5-3-15(4-6-16)17(23)20-18(13-19)7-12-24-14-18/h3-6H,2,7-12,14H2,1H3,(H,20,23). The highest BCUT2D eigenvalue weighted by Gasteiger charge is 2.36. The third kappa shape index (κ3) is 3.68. The van der Waals surface area contributed by atoms with Crippen molar-refractivity contribution in [2.45, 2.75) is 18.9 Å². The van der Waals surface area contributed by atoms with Crippen molar-refractivity contribution in [3.63, 3.8) is 0 Å². The molecular weight excluding hydrogens is 320 g/mol. The first-order chi connectivity index (χ1) is 11.7. The van der Waals surface area contributed by atoms with Crippen LogP contribution in [0.1, 0.15) is 23.7 Å². The first-order valence-corrected chi connectivity index (χ1v) is 9.70. The van der Waals surface area contributed by atoms with Crippen LogP contribution in [0.4, 0.5) is 5.69 Å². The van der Waals surface area contributed by atoms with E-state index in [4.69, 9.17) is 0 Å². The summed E-state index contributed by atoms with van der Waals surface area (Å²) >= 11 is 1.72. The van der Waals surface area contributed by atoms with Gasteiger partial charge in [0.25, 0.3) is 5.91 Å². The number of likely N-dealkylation sites (N-methyl/N-ethyl adjacent to an activating group) is 1. The van der Waals surface area contributed by atoms with E-state index in [2.05, 4.69) is 28.1 Å². The van der Waals surface area contributed by atoms with E-state index >= 15 is 0 Å². The third-order valence-electron chi connectivity index (χ3n) is 4.90. The number of piperazine rings is 1. The van der Waals surface area contributed by atoms with E-state index in [9.17, 15) is 10.1 Å². The number of thioether (sulfide) groups is 1. The second-order valence-corrected chi connectivity index (χ2v) is 7.52. The average Bonchev–Trinajstić information content (AvgIpc) is 3.11. The minimum Gasteiger partial charge on any atom is -0.369 e. The second kappa shape index (κ2) is 7.45. The zero-order valence-electron chi connectivity index (χ0n) is 14.1. The summed E-state index contributed by atoms with van der Waals surface area (Å²) in [6.07, 6.45) is 0.722. The Morgan fingerprint density at radius 3 is 2.54 bits per heavy atom. The summed E-state index contributed by atoms with van der Waals surface area (Å²) < 4.78 is 0. The predicted molar refractivity (Wildman–Crippen MR) is 98.5 cm³/mol. The average molecular weight is 344 g/mol. The van der Waals surface area contributed by atoms with Crippen molar-refractivity contribution in [1.29, 1.82) is 5.26 Å². The van der Waals surface area contributed by atoms with Crippen molar-refractivity contribution in [3.05, 3.63) is 29.8 Å². The fourth-order valence-corrected chi connectivity index (χ4v) is 4.48. The summed E-state index contributed by atoms with van der Waals surface area (Å²) in [7, 11) is 0. The van der Waals surface area contributed by atoms with E-state index < -0.39 is 5.54 Å². The van der Waals surface area contributed by atoms with Crippen molar-refractivity contribution in [2.75, 3.05) is 49.1 Å². The van der Waals surface area contributed by atoms with E-state index in [1.165, 1.54) is 0 Å². The molecule has 0 spiro atoms. The number of rotatable bonds is 4. The Balaban J connectivity index is 1.62. The molecular formula is C18H24N4OS. The molecule has 0 saturated carbocycles. The molecule has 0 bridgehead atoms. The maximum absolute atomic E-state index is 12.4. The highest BCUT2D eigenvalue weighted by Crippen LogP contribution is 2.27. The number of carbonyl (C=O) groups excluding carboxylic acids is 1. The van der Waals surface area contributed by atoms with Crippen LogP contribution in [-0.2, 0) is 0 Å². The van der Waals surface area contributed by atoms with Crippen LogP contribution in [0.3, 0.4) is 0 Å². The molecule has 0 radical (unpaired) electrons. The SMILES string of the molecule is CCN1CCN(c2ccc(C(=O)NC3(C#N)CCSC3)cc2)CC1. The van der Waals surface area contributed by atoms with Crippen molar-refractivity contribution in [2.24, 2.45) is 0 Å². The molecule has 6 heteroatoms. The minimum atomic E-state index is -0.698. The number of nitrogens with zero attached hydrogens (tertiary/aromatic N) is 3. The number of hydrogen-bond acceptors (Lipinski definition) is 5. The second-order valence-electron chi connectivity index (χ2n) is 6.42. The Kier molecular flexibility index (Phi) is 5.32. The number of nitriles is 1. The molecule has 1 aromatic carbocycles. The smallest absolute Gasteiger partial charge is 0.252 e. The molecule has 1 aromatic rings. The Morgan fingerprint density at radius 2 is 2.00 bits per heavy atom. The first-order valence-electron chi connectivity index (χ1n) is 8.55. The molecule has 2 heterocycles. The van der Waals surface area contributed by atoms with Crippen LogP contribution in [0.25, 0.3) is 0 Å². The zero-order valence-corrected chi connectivity index (χ0v) is 14.9. The molecule has 1 atom stereocenters. The molecule has 1 unspecified atom stereocenters. The Bertz CT molecular complexity index is 611. The molecule has 2 fully saturated rings. The number of anilines is 1. The highest BCUT2D eigenvalue weighted by atomic mass is 32.2. The van der Waals surface area contributed by atoms with Crippen LogP contribution in [0.5, 0.6) is 0 Å². The third-order valence-corrected chi connectivity index (χ3v) is 6.09. The monoisotopic (exact) mass is 344 g/mol. The van der Waals surface area contributed by atoms with Gasteiger partial charge >= 0.3 is 0 Å². The summed E-state index contributed by atoms with van der Waals surface area (Å²) in [6.45, 7) is 7.51. The number of nitrogens with one attached hydrogen (secondary N) is 1. The molecule has 24 heavy (non-hydrogen) atoms. The molecule has 0 aliphatic carbocycles. The van der Waals surface area contributed by atoms with Crippen LogP contribution < -0.4 is 10.2 Å². The zero-order chi connectivity index (χ0) is 17.0. The molecule has 5 nitrogen and oxygen atoms in total. The predicted octanol–water partition coefficient (Wildman–Crippen LogP) is 1.96. The maximum Gasteiger partial charge on any atom is 0.252 e. The van der Waals surface area contributed by atoms with Gasteiger partial charge in [-0.25, -0.2) is 0 Å². The molecule has 2 saturated heterocycles. The molecule has 2 aliphatic heterocycles. The summed E-state index contributed by atoms with van der Waals surface area (Å²) in [4.78, 5) is 17.2. The van der Waals surface area contributed by atoms with Crippen molar-refractivity contribution in [1.82, 2.24) is 10.2 Å². The summed E-state index contributed by atoms with van der Waals surface area (Å²) in [6, 6.07) is 10.0. The minimum absolute atomic E-state index is 0.151. The number of hydrogen-bond donors (Lipinski definition) is 1. The van der Waals surface area contributed by atoms with Crippen molar-refractivity contribution < 1.29 is 4.79 Å². The Morgan fingerprint density at radius 1 is 1.29 bits per heavy atom. The molecule has 3 rings (SSSR count). The maximum atomic E-state index is 12.4. The van der Waals surface area contributed by atoms with Crippen LogP contribution in [-0.4, -0.2) is 60.6 Å². The largest absolute Gasteiger partial charge is 0.369 e. The van der Waals surface area contributed by atoms with Gasteiger partial charge in [0.2, 0.25) is 0 Å². The normalized spacial score (nSPS) is 24.6. The Hall–Kier alpha value is -1.71. The number of amides is 1. The lowest BCUT2D eigenvalue weighted by molar-refractivity contribution is 0.0926. The summed E-state index contributed by atoms with van der Waals surface area (Å²) in [5.74, 6) is 1.45. The van der Waals surface area contributed by atoms with Gasteiger partial charge in [-0.1, -0.05) is 6.92 Å². The van der Waals surface area contributed by atoms with E-state index in [1.807, 2.05) is 24.3 Å². The lowest BCUT2D eigenvalue weighted by atomic mass is 10.0. The van der Waals surface area contributed by atoms with Gasteiger partial charge in [0.15, 0.2) is 0 Å². The highest BCUT2D eigenvalue weighted by molar-refractivity contribution is 7.99. The number of benzene rings is 1. The van der Waals surface area contributed by atoms with E-state index in [-0.39, 0.29) is 5.91 Å². The fourth-order valence-electron chi connectivity index (χ4n) is 3.22. The topological polar surface area (TPSA) is 59.4 Å². The first kappa shape index (κ1) is 17.1. The number of carbonyl (C=O) groups is 1. The van der Waals surface area contributed by atoms with Gasteiger partial charge < -0.3 is 15.1 Å². The quantitative estimate of drug-likeness (QED) is 0.905. The van der Waals surface area contributed by atoms with Gasteiger partial charge in [-0.15, -0.1) is 0 Å². The van der Waals surface area contributed by atoms with Crippen LogP contribution >= 0.6 is 11.8 Å². The van der Waals surface area contributed by atoms with E-state index in [1.54, 1.807) is 11.8 Å². The Labute approximate surface area is 148 Å². The van der Waals surface area contributed by atoms with Gasteiger partial charge in [0.05, 0.1) is 6.07 Å². The van der Waals surface area contributed by atoms with E-state index in [0.29, 0.717) is 11.3 Å². The van der Waals surface area contributed by atoms with Gasteiger partial charge in [-0.05, 0) is 43.0 Å². The molecule has 0 aromatic heterocycles. The fraction of sp³-hybridized carbons (Fsp3) is 0.556. The van der Waals surface area contributed by atoms with Crippen LogP contribution in [0.2, 0.25) is 0 Å². The summed E-state index contributed by atoms with van der Waals surface area (Å²) in [5.41, 5.74) is 1.09. The molecule has 1 N–H and O–H groups in total. The molecule has 2 aliphatic rings. The lowest BCUT2D eigenvalue weighted by Gasteiger charge is -2.35.